The van der Waals surface area contributed by atoms with Gasteiger partial charge in [-0.1, -0.05) is 60.7 Å². The molecule has 0 unspecified atom stereocenters. The number of rotatable bonds is 2. The maximum Gasteiger partial charge on any atom is 0.429 e. The minimum absolute atomic E-state index is 0.194. The van der Waals surface area contributed by atoms with Gasteiger partial charge >= 0.3 is 12.7 Å². The van der Waals surface area contributed by atoms with Crippen LogP contribution >= 0.6 is 0 Å². The number of nitrogens with zero attached hydrogens (tertiary/aromatic N) is 1. The largest absolute Gasteiger partial charge is 0.692 e. The van der Waals surface area contributed by atoms with Crippen LogP contribution in [0.2, 0.25) is 0 Å². The molecule has 2 nitrogen and oxygen atoms in total. The second-order valence-corrected chi connectivity index (χ2v) is 5.45. The zero-order chi connectivity index (χ0) is 16.5. The molecule has 0 spiro atoms. The third-order valence-corrected chi connectivity index (χ3v) is 3.81. The van der Waals surface area contributed by atoms with E-state index < -0.39 is 18.4 Å². The number of benzene rings is 2. The Kier molecular flexibility index (Phi) is 3.76. The van der Waals surface area contributed by atoms with E-state index in [9.17, 15) is 13.2 Å². The lowest BCUT2D eigenvalue weighted by Crippen LogP contribution is -2.61. The Labute approximate surface area is 132 Å². The van der Waals surface area contributed by atoms with Crippen LogP contribution in [0.15, 0.2) is 77.4 Å². The van der Waals surface area contributed by atoms with Crippen LogP contribution in [0.1, 0.15) is 6.92 Å². The standard InChI is InChI=1S/C17H14BF3NO/c1-13-12-16(17(19,20)21)22-18(23-13,14-8-4-2-5-9-14)15-10-6-3-7-11-15/h2-12H,1H3/q-1. The van der Waals surface area contributed by atoms with Gasteiger partial charge in [0.05, 0.1) is 0 Å². The lowest BCUT2D eigenvalue weighted by molar-refractivity contribution is -0.0579. The summed E-state index contributed by atoms with van der Waals surface area (Å²) in [5.74, 6) is 0.194. The molecule has 23 heavy (non-hydrogen) atoms. The van der Waals surface area contributed by atoms with Crippen molar-refractivity contribution in [2.24, 2.45) is 4.90 Å². The average molecular weight is 316 g/mol. The number of hydrogen-bond acceptors (Lipinski definition) is 2. The fourth-order valence-corrected chi connectivity index (χ4v) is 2.82. The van der Waals surface area contributed by atoms with Gasteiger partial charge in [-0.25, -0.2) is 0 Å². The molecular formula is C17H14BF3NO-. The summed E-state index contributed by atoms with van der Waals surface area (Å²) in [7, 11) is 0. The van der Waals surface area contributed by atoms with E-state index in [1.165, 1.54) is 6.92 Å². The maximum atomic E-state index is 13.3. The predicted octanol–water partition coefficient (Wildman–Crippen LogP) is 3.18. The first-order chi connectivity index (χ1) is 10.9. The van der Waals surface area contributed by atoms with Gasteiger partial charge in [-0.3, -0.25) is 0 Å². The van der Waals surface area contributed by atoms with Crippen molar-refractivity contribution in [1.29, 1.82) is 0 Å². The van der Waals surface area contributed by atoms with E-state index in [4.69, 9.17) is 4.65 Å². The van der Waals surface area contributed by atoms with Crippen molar-refractivity contribution < 1.29 is 17.8 Å². The lowest BCUT2D eigenvalue weighted by atomic mass is 9.42. The molecule has 0 N–H and O–H groups in total. The summed E-state index contributed by atoms with van der Waals surface area (Å²) in [5.41, 5.74) is 0.287. The minimum Gasteiger partial charge on any atom is -0.692 e. The Hall–Kier alpha value is -2.50. The van der Waals surface area contributed by atoms with Gasteiger partial charge in [0.1, 0.15) is 5.71 Å². The molecule has 118 valence electrons. The van der Waals surface area contributed by atoms with E-state index in [-0.39, 0.29) is 5.76 Å². The highest BCUT2D eigenvalue weighted by atomic mass is 19.4. The van der Waals surface area contributed by atoms with Gasteiger partial charge in [0.15, 0.2) is 0 Å². The molecule has 0 atom stereocenters. The number of allylic oxidation sites excluding steroid dienone is 2. The first-order valence-electron chi connectivity index (χ1n) is 7.21. The summed E-state index contributed by atoms with van der Waals surface area (Å²) in [6, 6.07) is 17.6. The van der Waals surface area contributed by atoms with Crippen LogP contribution in [0.3, 0.4) is 0 Å². The van der Waals surface area contributed by atoms with Gasteiger partial charge < -0.3 is 9.56 Å². The molecule has 1 heterocycles. The van der Waals surface area contributed by atoms with Crippen LogP contribution in [0.5, 0.6) is 0 Å². The monoisotopic (exact) mass is 316 g/mol. The van der Waals surface area contributed by atoms with Crippen LogP contribution in [-0.4, -0.2) is 18.4 Å². The van der Waals surface area contributed by atoms with Gasteiger partial charge in [-0.15, -0.1) is 10.9 Å². The molecule has 6 heteroatoms. The van der Waals surface area contributed by atoms with E-state index in [0.29, 0.717) is 10.9 Å². The lowest BCUT2D eigenvalue weighted by Gasteiger charge is -2.43. The fourth-order valence-electron chi connectivity index (χ4n) is 2.82. The zero-order valence-electron chi connectivity index (χ0n) is 12.4. The highest BCUT2D eigenvalue weighted by molar-refractivity contribution is 6.97. The second kappa shape index (κ2) is 5.61. The molecule has 1 aliphatic heterocycles. The van der Waals surface area contributed by atoms with Gasteiger partial charge in [-0.2, -0.15) is 13.2 Å². The number of halogens is 3. The summed E-state index contributed by atoms with van der Waals surface area (Å²) in [4.78, 5) is 4.03. The van der Waals surface area contributed by atoms with E-state index in [0.717, 1.165) is 6.08 Å². The molecule has 0 aromatic heterocycles. The topological polar surface area (TPSA) is 21.6 Å². The summed E-state index contributed by atoms with van der Waals surface area (Å²) in [6.07, 6.45) is -3.59. The Morgan fingerprint density at radius 1 is 0.870 bits per heavy atom. The predicted molar refractivity (Wildman–Crippen MR) is 86.2 cm³/mol. The van der Waals surface area contributed by atoms with Crippen LogP contribution < -0.4 is 10.9 Å². The molecule has 0 saturated carbocycles. The summed E-state index contributed by atoms with van der Waals surface area (Å²) < 4.78 is 45.7. The Morgan fingerprint density at radius 3 is 1.78 bits per heavy atom. The average Bonchev–Trinajstić information content (AvgIpc) is 2.55. The highest BCUT2D eigenvalue weighted by Gasteiger charge is 2.41. The highest BCUT2D eigenvalue weighted by Crippen LogP contribution is 2.27. The van der Waals surface area contributed by atoms with Gasteiger partial charge in [0.25, 0.3) is 0 Å². The third-order valence-electron chi connectivity index (χ3n) is 3.81. The molecule has 0 fully saturated rings. The number of hydrogen-bond donors (Lipinski definition) is 0. The van der Waals surface area contributed by atoms with Crippen LogP contribution in [0.4, 0.5) is 13.2 Å². The quantitative estimate of drug-likeness (QED) is 0.780. The molecule has 0 aliphatic carbocycles. The smallest absolute Gasteiger partial charge is 0.429 e. The first kappa shape index (κ1) is 15.4. The van der Waals surface area contributed by atoms with Crippen molar-refractivity contribution in [2.45, 2.75) is 13.1 Å². The summed E-state index contributed by atoms with van der Waals surface area (Å²) in [6.45, 7) is -0.845. The minimum atomic E-state index is -4.53. The SMILES string of the molecule is CC1=CC(C(F)(F)F)=N[B-](c2ccccc2)(c2ccccc2)O1. The van der Waals surface area contributed by atoms with E-state index >= 15 is 0 Å². The van der Waals surface area contributed by atoms with E-state index in [2.05, 4.69) is 4.90 Å². The van der Waals surface area contributed by atoms with Crippen LogP contribution in [-0.2, 0) is 4.65 Å². The van der Waals surface area contributed by atoms with E-state index in [1.807, 2.05) is 0 Å². The molecule has 0 amide bonds. The first-order valence-corrected chi connectivity index (χ1v) is 7.21. The van der Waals surface area contributed by atoms with Crippen molar-refractivity contribution in [2.75, 3.05) is 0 Å². The van der Waals surface area contributed by atoms with Gasteiger partial charge in [0, 0.05) is 5.76 Å². The molecule has 0 bridgehead atoms. The third kappa shape index (κ3) is 2.89. The zero-order valence-corrected chi connectivity index (χ0v) is 12.4. The van der Waals surface area contributed by atoms with Crippen molar-refractivity contribution >= 4 is 23.1 Å². The molecule has 1 aliphatic rings. The van der Waals surface area contributed by atoms with Crippen LogP contribution in [0.25, 0.3) is 0 Å². The Morgan fingerprint density at radius 2 is 1.35 bits per heavy atom. The molecule has 3 rings (SSSR count). The molecule has 0 radical (unpaired) electrons. The number of alkyl halides is 3. The Balaban J connectivity index is 2.26. The molecule has 2 aromatic carbocycles. The Bertz CT molecular complexity index is 715. The summed E-state index contributed by atoms with van der Waals surface area (Å²) >= 11 is 0. The van der Waals surface area contributed by atoms with Crippen molar-refractivity contribution in [3.05, 3.63) is 72.5 Å². The van der Waals surface area contributed by atoms with Crippen LogP contribution in [0, 0.1) is 0 Å². The maximum absolute atomic E-state index is 13.3. The fraction of sp³-hybridized carbons (Fsp3) is 0.118. The normalized spacial score (nSPS) is 17.0. The van der Waals surface area contributed by atoms with Gasteiger partial charge in [-0.05, 0) is 13.0 Å². The molecule has 0 saturated heterocycles. The molecule has 2 aromatic rings. The summed E-state index contributed by atoms with van der Waals surface area (Å²) in [5, 5.41) is 0. The van der Waals surface area contributed by atoms with E-state index in [1.54, 1.807) is 60.7 Å². The van der Waals surface area contributed by atoms with Crippen molar-refractivity contribution in [1.82, 2.24) is 0 Å². The van der Waals surface area contributed by atoms with Crippen molar-refractivity contribution in [3.63, 3.8) is 0 Å². The second-order valence-electron chi connectivity index (χ2n) is 5.45. The van der Waals surface area contributed by atoms with Crippen molar-refractivity contribution in [3.8, 4) is 0 Å². The van der Waals surface area contributed by atoms with Gasteiger partial charge in [0.2, 0.25) is 0 Å². The molecular weight excluding hydrogens is 302 g/mol.